The summed E-state index contributed by atoms with van der Waals surface area (Å²) in [5, 5.41) is 0. The van der Waals surface area contributed by atoms with Crippen molar-refractivity contribution < 1.29 is 17.5 Å². The average molecular weight is 378 g/mol. The van der Waals surface area contributed by atoms with E-state index in [4.69, 9.17) is 4.74 Å². The van der Waals surface area contributed by atoms with Crippen molar-refractivity contribution in [3.05, 3.63) is 48.3 Å². The van der Waals surface area contributed by atoms with Gasteiger partial charge in [-0.3, -0.25) is 4.72 Å². The Morgan fingerprint density at radius 2 is 1.73 bits per heavy atom. The van der Waals surface area contributed by atoms with Crippen LogP contribution < -0.4 is 14.4 Å². The van der Waals surface area contributed by atoms with Crippen molar-refractivity contribution in [1.82, 2.24) is 0 Å². The highest BCUT2D eigenvalue weighted by Gasteiger charge is 2.21. The van der Waals surface area contributed by atoms with Gasteiger partial charge in [-0.25, -0.2) is 12.8 Å². The number of ether oxygens (including phenoxy) is 1. The molecule has 0 unspecified atom stereocenters. The minimum absolute atomic E-state index is 0.00546. The first-order valence-corrected chi connectivity index (χ1v) is 10.2. The van der Waals surface area contributed by atoms with Crippen molar-refractivity contribution in [2.75, 3.05) is 22.7 Å². The van der Waals surface area contributed by atoms with Crippen LogP contribution in [0.5, 0.6) is 5.75 Å². The highest BCUT2D eigenvalue weighted by atomic mass is 32.2. The molecule has 0 aromatic heterocycles. The molecule has 0 atom stereocenters. The van der Waals surface area contributed by atoms with E-state index in [-0.39, 0.29) is 16.7 Å². The Hall–Kier alpha value is -2.28. The van der Waals surface area contributed by atoms with Crippen LogP contribution in [0, 0.1) is 5.82 Å². The summed E-state index contributed by atoms with van der Waals surface area (Å²) in [6, 6.07) is 10.4. The number of hydrogen-bond acceptors (Lipinski definition) is 4. The van der Waals surface area contributed by atoms with Gasteiger partial charge >= 0.3 is 0 Å². The van der Waals surface area contributed by atoms with E-state index in [0.717, 1.165) is 25.9 Å². The second-order valence-electron chi connectivity index (χ2n) is 6.60. The molecule has 1 N–H and O–H groups in total. The van der Waals surface area contributed by atoms with Gasteiger partial charge in [0.25, 0.3) is 10.0 Å². The van der Waals surface area contributed by atoms with Gasteiger partial charge in [0.2, 0.25) is 0 Å². The molecule has 0 bridgehead atoms. The van der Waals surface area contributed by atoms with Crippen molar-refractivity contribution in [1.29, 1.82) is 0 Å². The van der Waals surface area contributed by atoms with E-state index < -0.39 is 15.8 Å². The highest BCUT2D eigenvalue weighted by molar-refractivity contribution is 7.92. The van der Waals surface area contributed by atoms with Crippen molar-refractivity contribution in [3.8, 4) is 5.75 Å². The third kappa shape index (κ3) is 4.27. The van der Waals surface area contributed by atoms with Crippen LogP contribution >= 0.6 is 0 Å². The van der Waals surface area contributed by atoms with Crippen LogP contribution in [0.1, 0.15) is 26.7 Å². The van der Waals surface area contributed by atoms with Crippen molar-refractivity contribution in [2.45, 2.75) is 37.7 Å². The lowest BCUT2D eigenvalue weighted by Crippen LogP contribution is -2.21. The number of anilines is 2. The maximum atomic E-state index is 13.7. The van der Waals surface area contributed by atoms with Crippen LogP contribution in [0.15, 0.2) is 47.4 Å². The molecule has 0 saturated carbocycles. The summed E-state index contributed by atoms with van der Waals surface area (Å²) >= 11 is 0. The number of sulfonamides is 1. The van der Waals surface area contributed by atoms with Gasteiger partial charge in [0, 0.05) is 19.2 Å². The molecule has 0 spiro atoms. The molecule has 140 valence electrons. The molecular formula is C19H23FN2O3S. The fourth-order valence-corrected chi connectivity index (χ4v) is 4.06. The molecule has 3 rings (SSSR count). The molecule has 1 aliphatic rings. The zero-order valence-corrected chi connectivity index (χ0v) is 15.7. The Morgan fingerprint density at radius 3 is 2.35 bits per heavy atom. The zero-order chi connectivity index (χ0) is 18.7. The molecule has 7 heteroatoms. The van der Waals surface area contributed by atoms with Crippen molar-refractivity contribution >= 4 is 21.4 Å². The Kier molecular flexibility index (Phi) is 5.36. The first-order valence-electron chi connectivity index (χ1n) is 8.69. The summed E-state index contributed by atoms with van der Waals surface area (Å²) in [6.07, 6.45) is 2.09. The lowest BCUT2D eigenvalue weighted by Gasteiger charge is -2.22. The van der Waals surface area contributed by atoms with E-state index in [9.17, 15) is 12.8 Å². The monoisotopic (exact) mass is 378 g/mol. The summed E-state index contributed by atoms with van der Waals surface area (Å²) in [6.45, 7) is 5.47. The minimum Gasteiger partial charge on any atom is -0.491 e. The van der Waals surface area contributed by atoms with Gasteiger partial charge in [0.1, 0.15) is 11.6 Å². The molecule has 1 heterocycles. The van der Waals surface area contributed by atoms with Crippen LogP contribution in [-0.4, -0.2) is 27.6 Å². The predicted molar refractivity (Wildman–Crippen MR) is 101 cm³/mol. The van der Waals surface area contributed by atoms with Gasteiger partial charge in [-0.15, -0.1) is 0 Å². The van der Waals surface area contributed by atoms with Gasteiger partial charge in [-0.2, -0.15) is 0 Å². The molecule has 1 aliphatic heterocycles. The summed E-state index contributed by atoms with van der Waals surface area (Å²) in [4.78, 5) is 2.17. The molecular weight excluding hydrogens is 355 g/mol. The average Bonchev–Trinajstić information content (AvgIpc) is 3.09. The van der Waals surface area contributed by atoms with Crippen LogP contribution in [-0.2, 0) is 10.0 Å². The van der Waals surface area contributed by atoms with Crippen molar-refractivity contribution in [2.24, 2.45) is 0 Å². The number of rotatable bonds is 6. The van der Waals surface area contributed by atoms with Gasteiger partial charge in [-0.1, -0.05) is 0 Å². The van der Waals surface area contributed by atoms with Crippen molar-refractivity contribution in [3.63, 3.8) is 0 Å². The number of nitrogens with zero attached hydrogens (tertiary/aromatic N) is 1. The molecule has 2 aromatic carbocycles. The van der Waals surface area contributed by atoms with Gasteiger partial charge < -0.3 is 9.64 Å². The lowest BCUT2D eigenvalue weighted by atomic mass is 10.2. The topological polar surface area (TPSA) is 58.6 Å². The number of benzene rings is 2. The fourth-order valence-electron chi connectivity index (χ4n) is 3.00. The first kappa shape index (κ1) is 18.5. The molecule has 26 heavy (non-hydrogen) atoms. The van der Waals surface area contributed by atoms with Gasteiger partial charge in [0.05, 0.1) is 22.4 Å². The molecule has 0 radical (unpaired) electrons. The summed E-state index contributed by atoms with van der Waals surface area (Å²) in [5.41, 5.74) is 0.960. The Balaban J connectivity index is 1.86. The smallest absolute Gasteiger partial charge is 0.261 e. The maximum absolute atomic E-state index is 13.7. The largest absolute Gasteiger partial charge is 0.491 e. The summed E-state index contributed by atoms with van der Waals surface area (Å²) < 4.78 is 47.2. The van der Waals surface area contributed by atoms with E-state index in [1.54, 1.807) is 18.2 Å². The SMILES string of the molecule is CC(C)Oc1ccc(S(=O)(=O)Nc2cc(F)ccc2N2CCCC2)cc1. The zero-order valence-electron chi connectivity index (χ0n) is 14.9. The van der Waals surface area contributed by atoms with Crippen LogP contribution in [0.4, 0.5) is 15.8 Å². The van der Waals surface area contributed by atoms with Crippen LogP contribution in [0.25, 0.3) is 0 Å². The molecule has 2 aromatic rings. The first-order chi connectivity index (χ1) is 12.3. The van der Waals surface area contributed by atoms with Crippen LogP contribution in [0.3, 0.4) is 0 Å². The maximum Gasteiger partial charge on any atom is 0.261 e. The van der Waals surface area contributed by atoms with E-state index in [1.165, 1.54) is 24.3 Å². The second kappa shape index (κ2) is 7.53. The van der Waals surface area contributed by atoms with E-state index in [2.05, 4.69) is 9.62 Å². The highest BCUT2D eigenvalue weighted by Crippen LogP contribution is 2.31. The minimum atomic E-state index is -3.83. The third-order valence-corrected chi connectivity index (χ3v) is 5.54. The van der Waals surface area contributed by atoms with Crippen LogP contribution in [0.2, 0.25) is 0 Å². The van der Waals surface area contributed by atoms with E-state index in [1.807, 2.05) is 13.8 Å². The summed E-state index contributed by atoms with van der Waals surface area (Å²) in [5.74, 6) is 0.119. The Bertz CT molecular complexity index is 861. The molecule has 0 aliphatic carbocycles. The fraction of sp³-hybridized carbons (Fsp3) is 0.368. The van der Waals surface area contributed by atoms with E-state index >= 15 is 0 Å². The normalized spacial score (nSPS) is 14.7. The molecule has 1 fully saturated rings. The summed E-state index contributed by atoms with van der Waals surface area (Å²) in [7, 11) is -3.83. The van der Waals surface area contributed by atoms with E-state index in [0.29, 0.717) is 11.4 Å². The number of nitrogens with one attached hydrogen (secondary N) is 1. The van der Waals surface area contributed by atoms with Gasteiger partial charge in [-0.05, 0) is 63.1 Å². The number of hydrogen-bond donors (Lipinski definition) is 1. The molecule has 5 nitrogen and oxygen atoms in total. The predicted octanol–water partition coefficient (Wildman–Crippen LogP) is 4.01. The Labute approximate surface area is 153 Å². The number of halogens is 1. The quantitative estimate of drug-likeness (QED) is 0.825. The standard InChI is InChI=1S/C19H23FN2O3S/c1-14(2)25-16-6-8-17(9-7-16)26(23,24)21-18-13-15(20)5-10-19(18)22-11-3-4-12-22/h5-10,13-14,21H,3-4,11-12H2,1-2H3. The lowest BCUT2D eigenvalue weighted by molar-refractivity contribution is 0.242. The molecule has 1 saturated heterocycles. The van der Waals surface area contributed by atoms with Gasteiger partial charge in [0.15, 0.2) is 0 Å². The Morgan fingerprint density at radius 1 is 1.08 bits per heavy atom. The molecule has 0 amide bonds. The second-order valence-corrected chi connectivity index (χ2v) is 8.28. The third-order valence-electron chi connectivity index (χ3n) is 4.16.